The van der Waals surface area contributed by atoms with Crippen molar-refractivity contribution >= 4 is 0 Å². The molecule has 0 N–H and O–H groups in total. The van der Waals surface area contributed by atoms with Crippen molar-refractivity contribution in [3.63, 3.8) is 0 Å². The summed E-state index contributed by atoms with van der Waals surface area (Å²) < 4.78 is 28.1. The Bertz CT molecular complexity index is 68.8. The number of halogens is 2. The van der Waals surface area contributed by atoms with E-state index < -0.39 is 12.3 Å². The molecule has 0 aromatic rings. The van der Waals surface area contributed by atoms with Crippen LogP contribution >= 0.6 is 0 Å². The molecule has 0 aromatic carbocycles. The average molecular weight is 122 g/mol. The normalized spacial score (nSPS) is 29.6. The standard InChI is InChI=1S/C5H8F2O/c6-5(7)4-1-2-8-3-4/h4-5H,1-3H2. The molecule has 1 aliphatic rings. The summed E-state index contributed by atoms with van der Waals surface area (Å²) in [5, 5.41) is 0. The number of alkyl halides is 2. The molecule has 0 aliphatic carbocycles. The van der Waals surface area contributed by atoms with Crippen molar-refractivity contribution in [3.05, 3.63) is 0 Å². The van der Waals surface area contributed by atoms with Gasteiger partial charge in [0.25, 0.3) is 0 Å². The molecule has 48 valence electrons. The maximum absolute atomic E-state index is 11.7. The molecule has 0 bridgehead atoms. The molecule has 1 atom stereocenters. The van der Waals surface area contributed by atoms with E-state index in [2.05, 4.69) is 0 Å². The molecule has 8 heavy (non-hydrogen) atoms. The molecule has 1 rings (SSSR count). The van der Waals surface area contributed by atoms with E-state index in [0.29, 0.717) is 13.0 Å². The smallest absolute Gasteiger partial charge is 0.243 e. The summed E-state index contributed by atoms with van der Waals surface area (Å²) in [6.45, 7) is 0.757. The quantitative estimate of drug-likeness (QED) is 0.509. The third-order valence-corrected chi connectivity index (χ3v) is 1.32. The molecule has 1 saturated heterocycles. The highest BCUT2D eigenvalue weighted by atomic mass is 19.3. The highest BCUT2D eigenvalue weighted by molar-refractivity contribution is 4.65. The Morgan fingerprint density at radius 3 is 2.50 bits per heavy atom. The third kappa shape index (κ3) is 1.15. The first-order valence-electron chi connectivity index (χ1n) is 2.66. The first-order chi connectivity index (χ1) is 3.80. The SMILES string of the molecule is FC(F)C1CCOC1. The highest BCUT2D eigenvalue weighted by Crippen LogP contribution is 2.19. The fourth-order valence-electron chi connectivity index (χ4n) is 0.751. The Morgan fingerprint density at radius 1 is 1.50 bits per heavy atom. The molecule has 1 heterocycles. The van der Waals surface area contributed by atoms with Crippen LogP contribution in [0.4, 0.5) is 8.78 Å². The largest absolute Gasteiger partial charge is 0.381 e. The van der Waals surface area contributed by atoms with Gasteiger partial charge in [-0.15, -0.1) is 0 Å². The summed E-state index contributed by atoms with van der Waals surface area (Å²) in [5.41, 5.74) is 0. The van der Waals surface area contributed by atoms with Gasteiger partial charge in [-0.1, -0.05) is 0 Å². The molecule has 0 amide bonds. The predicted molar refractivity (Wildman–Crippen MR) is 24.9 cm³/mol. The van der Waals surface area contributed by atoms with E-state index in [1.165, 1.54) is 0 Å². The second-order valence-corrected chi connectivity index (χ2v) is 1.96. The van der Waals surface area contributed by atoms with Crippen LogP contribution in [0.15, 0.2) is 0 Å². The van der Waals surface area contributed by atoms with E-state index in [0.717, 1.165) is 0 Å². The van der Waals surface area contributed by atoms with Gasteiger partial charge in [-0.2, -0.15) is 0 Å². The van der Waals surface area contributed by atoms with Gasteiger partial charge in [0.1, 0.15) is 0 Å². The highest BCUT2D eigenvalue weighted by Gasteiger charge is 2.24. The van der Waals surface area contributed by atoms with Gasteiger partial charge in [0, 0.05) is 12.5 Å². The average Bonchev–Trinajstić information content (AvgIpc) is 2.12. The van der Waals surface area contributed by atoms with Gasteiger partial charge < -0.3 is 4.74 Å². The maximum atomic E-state index is 11.7. The van der Waals surface area contributed by atoms with Crippen molar-refractivity contribution in [3.8, 4) is 0 Å². The summed E-state index contributed by atoms with van der Waals surface area (Å²) in [4.78, 5) is 0. The van der Waals surface area contributed by atoms with Gasteiger partial charge in [-0.05, 0) is 6.42 Å². The van der Waals surface area contributed by atoms with Crippen molar-refractivity contribution in [1.29, 1.82) is 0 Å². The first kappa shape index (κ1) is 5.95. The van der Waals surface area contributed by atoms with Crippen LogP contribution in [0.25, 0.3) is 0 Å². The molecule has 1 fully saturated rings. The van der Waals surface area contributed by atoms with Gasteiger partial charge in [-0.3, -0.25) is 0 Å². The lowest BCUT2D eigenvalue weighted by atomic mass is 10.1. The Hall–Kier alpha value is -0.180. The molecule has 3 heteroatoms. The molecule has 0 spiro atoms. The van der Waals surface area contributed by atoms with Gasteiger partial charge in [0.05, 0.1) is 6.61 Å². The fourth-order valence-corrected chi connectivity index (χ4v) is 0.751. The van der Waals surface area contributed by atoms with Crippen molar-refractivity contribution < 1.29 is 13.5 Å². The topological polar surface area (TPSA) is 9.23 Å². The zero-order valence-corrected chi connectivity index (χ0v) is 4.44. The number of hydrogen-bond acceptors (Lipinski definition) is 1. The van der Waals surface area contributed by atoms with E-state index in [1.54, 1.807) is 0 Å². The van der Waals surface area contributed by atoms with Crippen molar-refractivity contribution in [1.82, 2.24) is 0 Å². The van der Waals surface area contributed by atoms with Crippen LogP contribution in [0.1, 0.15) is 6.42 Å². The molecular weight excluding hydrogens is 114 g/mol. The summed E-state index contributed by atoms with van der Waals surface area (Å²) in [6, 6.07) is 0. The lowest BCUT2D eigenvalue weighted by molar-refractivity contribution is 0.0661. The van der Waals surface area contributed by atoms with Crippen LogP contribution in [-0.4, -0.2) is 19.6 Å². The second-order valence-electron chi connectivity index (χ2n) is 1.96. The van der Waals surface area contributed by atoms with E-state index in [9.17, 15) is 8.78 Å². The van der Waals surface area contributed by atoms with Crippen LogP contribution in [0, 0.1) is 5.92 Å². The van der Waals surface area contributed by atoms with Crippen molar-refractivity contribution in [2.75, 3.05) is 13.2 Å². The molecule has 0 radical (unpaired) electrons. The van der Waals surface area contributed by atoms with Crippen LogP contribution in [-0.2, 0) is 4.74 Å². The summed E-state index contributed by atoms with van der Waals surface area (Å²) >= 11 is 0. The van der Waals surface area contributed by atoms with Gasteiger partial charge in [0.2, 0.25) is 6.43 Å². The lowest BCUT2D eigenvalue weighted by Crippen LogP contribution is -2.09. The molecular formula is C5H8F2O. The maximum Gasteiger partial charge on any atom is 0.243 e. The minimum atomic E-state index is -2.18. The fraction of sp³-hybridized carbons (Fsp3) is 1.00. The first-order valence-corrected chi connectivity index (χ1v) is 2.66. The molecule has 0 saturated carbocycles. The van der Waals surface area contributed by atoms with E-state index in [-0.39, 0.29) is 6.61 Å². The summed E-state index contributed by atoms with van der Waals surface area (Å²) in [6.07, 6.45) is -1.66. The van der Waals surface area contributed by atoms with Gasteiger partial charge in [0.15, 0.2) is 0 Å². The molecule has 0 aromatic heterocycles. The lowest BCUT2D eigenvalue weighted by Gasteiger charge is -2.02. The van der Waals surface area contributed by atoms with Crippen molar-refractivity contribution in [2.45, 2.75) is 12.8 Å². The zero-order valence-electron chi connectivity index (χ0n) is 4.44. The van der Waals surface area contributed by atoms with Gasteiger partial charge >= 0.3 is 0 Å². The minimum Gasteiger partial charge on any atom is -0.381 e. The Labute approximate surface area is 46.6 Å². The number of ether oxygens (including phenoxy) is 1. The minimum absolute atomic E-state index is 0.248. The van der Waals surface area contributed by atoms with Crippen LogP contribution in [0.3, 0.4) is 0 Å². The summed E-state index contributed by atoms with van der Waals surface area (Å²) in [7, 11) is 0. The molecule has 1 nitrogen and oxygen atoms in total. The Kier molecular flexibility index (Phi) is 1.78. The van der Waals surface area contributed by atoms with Crippen LogP contribution in [0.5, 0.6) is 0 Å². The number of rotatable bonds is 1. The number of hydrogen-bond donors (Lipinski definition) is 0. The van der Waals surface area contributed by atoms with Gasteiger partial charge in [-0.25, -0.2) is 8.78 Å². The van der Waals surface area contributed by atoms with Crippen LogP contribution in [0.2, 0.25) is 0 Å². The Balaban J connectivity index is 2.24. The van der Waals surface area contributed by atoms with Crippen LogP contribution < -0.4 is 0 Å². The predicted octanol–water partition coefficient (Wildman–Crippen LogP) is 1.29. The zero-order chi connectivity index (χ0) is 5.98. The monoisotopic (exact) mass is 122 g/mol. The van der Waals surface area contributed by atoms with E-state index >= 15 is 0 Å². The molecule has 1 aliphatic heterocycles. The second kappa shape index (κ2) is 2.40. The third-order valence-electron chi connectivity index (χ3n) is 1.32. The Morgan fingerprint density at radius 2 is 2.25 bits per heavy atom. The van der Waals surface area contributed by atoms with E-state index in [1.807, 2.05) is 0 Å². The molecule has 1 unspecified atom stereocenters. The van der Waals surface area contributed by atoms with E-state index in [4.69, 9.17) is 4.74 Å². The summed E-state index contributed by atoms with van der Waals surface area (Å²) in [5.74, 6) is -0.491. The van der Waals surface area contributed by atoms with Crippen molar-refractivity contribution in [2.24, 2.45) is 5.92 Å².